The maximum absolute atomic E-state index is 11.0. The summed E-state index contributed by atoms with van der Waals surface area (Å²) < 4.78 is 22.0. The average molecular weight is 287 g/mol. The second-order valence-electron chi connectivity index (χ2n) is 5.33. The Balaban J connectivity index is 1.78. The summed E-state index contributed by atoms with van der Waals surface area (Å²) in [4.78, 5) is 2.36. The SMILES string of the molecule is Cc1ccc(C23CC2CN(NS(=O)(=O)Cl)C3)cc1. The van der Waals surface area contributed by atoms with Crippen LogP contribution in [0.4, 0.5) is 0 Å². The molecular formula is C12H15ClN2O2S. The predicted molar refractivity (Wildman–Crippen MR) is 70.4 cm³/mol. The number of nitrogens with one attached hydrogen (secondary N) is 1. The van der Waals surface area contributed by atoms with Gasteiger partial charge in [-0.15, -0.1) is 4.83 Å². The van der Waals surface area contributed by atoms with E-state index in [1.54, 1.807) is 5.01 Å². The van der Waals surface area contributed by atoms with Gasteiger partial charge in [0.2, 0.25) is 0 Å². The van der Waals surface area contributed by atoms with Crippen molar-refractivity contribution in [3.05, 3.63) is 35.4 Å². The second kappa shape index (κ2) is 3.93. The molecule has 1 saturated heterocycles. The van der Waals surface area contributed by atoms with Gasteiger partial charge in [-0.05, 0) is 24.8 Å². The number of halogens is 1. The van der Waals surface area contributed by atoms with Crippen molar-refractivity contribution < 1.29 is 8.42 Å². The van der Waals surface area contributed by atoms with Gasteiger partial charge < -0.3 is 0 Å². The number of rotatable bonds is 3. The fourth-order valence-corrected chi connectivity index (χ4v) is 3.78. The van der Waals surface area contributed by atoms with Crippen molar-refractivity contribution in [2.45, 2.75) is 18.8 Å². The standard InChI is InChI=1S/C12H15ClN2O2S/c1-9-2-4-10(5-3-9)12-6-11(12)7-15(8-12)14-18(13,16)17/h2-5,11,14H,6-8H2,1H3. The lowest BCUT2D eigenvalue weighted by Crippen LogP contribution is -2.40. The fraction of sp³-hybridized carbons (Fsp3) is 0.500. The van der Waals surface area contributed by atoms with E-state index in [0.29, 0.717) is 12.5 Å². The molecule has 0 spiro atoms. The van der Waals surface area contributed by atoms with E-state index in [9.17, 15) is 8.42 Å². The van der Waals surface area contributed by atoms with Crippen LogP contribution in [0.25, 0.3) is 0 Å². The summed E-state index contributed by atoms with van der Waals surface area (Å²) >= 11 is 0. The quantitative estimate of drug-likeness (QED) is 0.858. The van der Waals surface area contributed by atoms with Gasteiger partial charge in [0.1, 0.15) is 0 Å². The molecule has 0 bridgehead atoms. The fourth-order valence-electron chi connectivity index (χ4n) is 3.04. The molecule has 18 heavy (non-hydrogen) atoms. The molecule has 1 aliphatic heterocycles. The van der Waals surface area contributed by atoms with Crippen LogP contribution in [0, 0.1) is 12.8 Å². The normalized spacial score (nSPS) is 31.3. The topological polar surface area (TPSA) is 49.4 Å². The molecule has 1 heterocycles. The van der Waals surface area contributed by atoms with E-state index in [1.807, 2.05) is 0 Å². The van der Waals surface area contributed by atoms with E-state index in [-0.39, 0.29) is 5.41 Å². The number of hydrogen-bond donors (Lipinski definition) is 1. The third-order valence-corrected chi connectivity index (χ3v) is 4.69. The number of piperidine rings is 1. The Bertz CT molecular complexity index is 572. The van der Waals surface area contributed by atoms with E-state index < -0.39 is 9.24 Å². The molecule has 0 aromatic heterocycles. The highest BCUT2D eigenvalue weighted by molar-refractivity contribution is 8.12. The molecule has 6 heteroatoms. The highest BCUT2D eigenvalue weighted by atomic mass is 35.7. The smallest absolute Gasteiger partial charge is 0.229 e. The molecule has 0 amide bonds. The van der Waals surface area contributed by atoms with E-state index in [1.165, 1.54) is 11.1 Å². The number of hydrazine groups is 1. The van der Waals surface area contributed by atoms with Crippen molar-refractivity contribution in [2.75, 3.05) is 13.1 Å². The summed E-state index contributed by atoms with van der Waals surface area (Å²) in [5.74, 6) is 0.533. The first-order chi connectivity index (χ1) is 8.39. The van der Waals surface area contributed by atoms with Gasteiger partial charge in [-0.3, -0.25) is 0 Å². The minimum atomic E-state index is -3.68. The highest BCUT2D eigenvalue weighted by Gasteiger charge is 2.61. The van der Waals surface area contributed by atoms with Crippen LogP contribution in [0.5, 0.6) is 0 Å². The minimum Gasteiger partial charge on any atom is -0.229 e. The molecule has 3 rings (SSSR count). The largest absolute Gasteiger partial charge is 0.310 e. The van der Waals surface area contributed by atoms with Crippen molar-refractivity contribution in [1.82, 2.24) is 9.84 Å². The molecule has 1 saturated carbocycles. The van der Waals surface area contributed by atoms with Crippen LogP contribution < -0.4 is 4.83 Å². The van der Waals surface area contributed by atoms with E-state index >= 15 is 0 Å². The zero-order valence-electron chi connectivity index (χ0n) is 10.1. The lowest BCUT2D eigenvalue weighted by atomic mass is 9.94. The molecular weight excluding hydrogens is 272 g/mol. The van der Waals surface area contributed by atoms with Gasteiger partial charge in [-0.1, -0.05) is 29.8 Å². The number of hydrogen-bond acceptors (Lipinski definition) is 3. The van der Waals surface area contributed by atoms with Crippen molar-refractivity contribution in [1.29, 1.82) is 0 Å². The van der Waals surface area contributed by atoms with Crippen molar-refractivity contribution in [3.63, 3.8) is 0 Å². The number of nitrogens with zero attached hydrogens (tertiary/aromatic N) is 1. The summed E-state index contributed by atoms with van der Waals surface area (Å²) in [6, 6.07) is 8.50. The zero-order valence-corrected chi connectivity index (χ0v) is 11.6. The average Bonchev–Trinajstić information content (AvgIpc) is 2.81. The Kier molecular flexibility index (Phi) is 2.71. The maximum Gasteiger partial charge on any atom is 0.310 e. The summed E-state index contributed by atoms with van der Waals surface area (Å²) in [6.45, 7) is 3.50. The maximum atomic E-state index is 11.0. The first-order valence-corrected chi connectivity index (χ1v) is 8.24. The Morgan fingerprint density at radius 3 is 2.67 bits per heavy atom. The Morgan fingerprint density at radius 1 is 1.39 bits per heavy atom. The molecule has 2 unspecified atom stereocenters. The molecule has 4 nitrogen and oxygen atoms in total. The molecule has 1 aliphatic carbocycles. The predicted octanol–water partition coefficient (Wildman–Crippen LogP) is 1.56. The van der Waals surface area contributed by atoms with Crippen molar-refractivity contribution in [2.24, 2.45) is 5.92 Å². The lowest BCUT2D eigenvalue weighted by molar-refractivity contribution is 0.266. The van der Waals surface area contributed by atoms with Crippen LogP contribution in [-0.2, 0) is 14.7 Å². The minimum absolute atomic E-state index is 0.127. The van der Waals surface area contributed by atoms with Crippen molar-refractivity contribution >= 4 is 19.9 Å². The van der Waals surface area contributed by atoms with E-state index in [4.69, 9.17) is 10.7 Å². The molecule has 1 aromatic carbocycles. The van der Waals surface area contributed by atoms with Crippen LogP contribution in [0.3, 0.4) is 0 Å². The molecule has 2 fully saturated rings. The molecule has 2 atom stereocenters. The van der Waals surface area contributed by atoms with Gasteiger partial charge in [0.05, 0.1) is 0 Å². The first-order valence-electron chi connectivity index (χ1n) is 5.93. The zero-order chi connectivity index (χ0) is 13.0. The molecule has 1 aromatic rings. The first kappa shape index (κ1) is 12.4. The molecule has 0 radical (unpaired) electrons. The van der Waals surface area contributed by atoms with Gasteiger partial charge >= 0.3 is 9.24 Å². The second-order valence-corrected chi connectivity index (χ2v) is 7.61. The Labute approximate surface area is 111 Å². The number of benzene rings is 1. The molecule has 2 aliphatic rings. The molecule has 98 valence electrons. The monoisotopic (exact) mass is 286 g/mol. The van der Waals surface area contributed by atoms with Gasteiger partial charge in [0.15, 0.2) is 0 Å². The Hall–Kier alpha value is -0.620. The summed E-state index contributed by atoms with van der Waals surface area (Å²) in [5, 5.41) is 1.70. The van der Waals surface area contributed by atoms with Crippen LogP contribution in [0.2, 0.25) is 0 Å². The Morgan fingerprint density at radius 2 is 2.06 bits per heavy atom. The van der Waals surface area contributed by atoms with Crippen molar-refractivity contribution in [3.8, 4) is 0 Å². The summed E-state index contributed by atoms with van der Waals surface area (Å²) in [5.41, 5.74) is 2.67. The lowest BCUT2D eigenvalue weighted by Gasteiger charge is -2.20. The molecule has 1 N–H and O–H groups in total. The van der Waals surface area contributed by atoms with E-state index in [0.717, 1.165) is 13.0 Å². The van der Waals surface area contributed by atoms with Crippen LogP contribution in [0.1, 0.15) is 17.5 Å². The van der Waals surface area contributed by atoms with Gasteiger partial charge in [-0.25, -0.2) is 5.01 Å². The van der Waals surface area contributed by atoms with Gasteiger partial charge in [-0.2, -0.15) is 8.42 Å². The third kappa shape index (κ3) is 2.16. The number of fused-ring (bicyclic) bond motifs is 1. The van der Waals surface area contributed by atoms with Crippen LogP contribution in [0.15, 0.2) is 24.3 Å². The van der Waals surface area contributed by atoms with Gasteiger partial charge in [0, 0.05) is 29.2 Å². The van der Waals surface area contributed by atoms with Crippen LogP contribution in [-0.4, -0.2) is 26.5 Å². The third-order valence-electron chi connectivity index (χ3n) is 4.01. The summed E-state index contributed by atoms with van der Waals surface area (Å²) in [6.07, 6.45) is 1.14. The van der Waals surface area contributed by atoms with E-state index in [2.05, 4.69) is 36.0 Å². The van der Waals surface area contributed by atoms with Gasteiger partial charge in [0.25, 0.3) is 0 Å². The highest BCUT2D eigenvalue weighted by Crippen LogP contribution is 2.58. The van der Waals surface area contributed by atoms with Crippen LogP contribution >= 0.6 is 10.7 Å². The number of aryl methyl sites for hydroxylation is 1. The summed E-state index contributed by atoms with van der Waals surface area (Å²) in [7, 11) is 1.53.